The SMILES string of the molecule is Cc1noc(N2CCC(Cn3cncc(C)c3=O)CC2)n1. The number of hydrogen-bond donors (Lipinski definition) is 0. The van der Waals surface area contributed by atoms with Crippen molar-refractivity contribution in [3.63, 3.8) is 0 Å². The van der Waals surface area contributed by atoms with Gasteiger partial charge in [-0.3, -0.25) is 9.36 Å². The van der Waals surface area contributed by atoms with E-state index in [2.05, 4.69) is 20.0 Å². The summed E-state index contributed by atoms with van der Waals surface area (Å²) >= 11 is 0. The predicted octanol–water partition coefficient (Wildman–Crippen LogP) is 1.16. The number of aromatic nitrogens is 4. The van der Waals surface area contributed by atoms with Gasteiger partial charge in [0.25, 0.3) is 5.56 Å². The molecule has 0 radical (unpaired) electrons. The first-order chi connectivity index (χ1) is 10.1. The fraction of sp³-hybridized carbons (Fsp3) is 0.571. The van der Waals surface area contributed by atoms with Crippen molar-refractivity contribution in [2.45, 2.75) is 33.2 Å². The van der Waals surface area contributed by atoms with Crippen molar-refractivity contribution in [3.8, 4) is 0 Å². The van der Waals surface area contributed by atoms with E-state index >= 15 is 0 Å². The molecule has 3 heterocycles. The highest BCUT2D eigenvalue weighted by Gasteiger charge is 2.23. The van der Waals surface area contributed by atoms with Crippen molar-refractivity contribution in [3.05, 3.63) is 34.3 Å². The Labute approximate surface area is 122 Å². The van der Waals surface area contributed by atoms with Gasteiger partial charge >= 0.3 is 6.01 Å². The smallest absolute Gasteiger partial charge is 0.324 e. The Balaban J connectivity index is 1.61. The van der Waals surface area contributed by atoms with Crippen molar-refractivity contribution in [2.24, 2.45) is 5.92 Å². The molecule has 0 aliphatic carbocycles. The molecule has 7 heteroatoms. The lowest BCUT2D eigenvalue weighted by Crippen LogP contribution is -2.36. The zero-order chi connectivity index (χ0) is 14.8. The molecule has 1 aliphatic heterocycles. The zero-order valence-electron chi connectivity index (χ0n) is 12.3. The monoisotopic (exact) mass is 289 g/mol. The van der Waals surface area contributed by atoms with Crippen molar-refractivity contribution in [2.75, 3.05) is 18.0 Å². The predicted molar refractivity (Wildman–Crippen MR) is 77.2 cm³/mol. The molecule has 0 bridgehead atoms. The summed E-state index contributed by atoms with van der Waals surface area (Å²) in [6.45, 7) is 6.09. The lowest BCUT2D eigenvalue weighted by molar-refractivity contribution is 0.330. The summed E-state index contributed by atoms with van der Waals surface area (Å²) in [4.78, 5) is 22.5. The molecule has 2 aromatic heterocycles. The molecule has 0 atom stereocenters. The molecule has 0 aromatic carbocycles. The van der Waals surface area contributed by atoms with E-state index < -0.39 is 0 Å². The number of rotatable bonds is 3. The van der Waals surface area contributed by atoms with Crippen LogP contribution >= 0.6 is 0 Å². The van der Waals surface area contributed by atoms with Gasteiger partial charge in [0.2, 0.25) is 0 Å². The van der Waals surface area contributed by atoms with Gasteiger partial charge in [0.15, 0.2) is 5.82 Å². The maximum Gasteiger partial charge on any atom is 0.324 e. The van der Waals surface area contributed by atoms with Gasteiger partial charge in [-0.25, -0.2) is 4.98 Å². The molecule has 0 spiro atoms. The van der Waals surface area contributed by atoms with Crippen molar-refractivity contribution in [1.82, 2.24) is 19.7 Å². The molecular formula is C14H19N5O2. The number of aryl methyl sites for hydroxylation is 2. The summed E-state index contributed by atoms with van der Waals surface area (Å²) in [6.07, 6.45) is 5.24. The summed E-state index contributed by atoms with van der Waals surface area (Å²) in [5, 5.41) is 3.82. The minimum Gasteiger partial charge on any atom is -0.324 e. The molecule has 7 nitrogen and oxygen atoms in total. The van der Waals surface area contributed by atoms with Crippen LogP contribution in [-0.2, 0) is 6.54 Å². The molecular weight excluding hydrogens is 270 g/mol. The van der Waals surface area contributed by atoms with Crippen LogP contribution in [0, 0.1) is 19.8 Å². The van der Waals surface area contributed by atoms with Crippen LogP contribution in [0.3, 0.4) is 0 Å². The van der Waals surface area contributed by atoms with Crippen LogP contribution < -0.4 is 10.5 Å². The van der Waals surface area contributed by atoms with E-state index in [-0.39, 0.29) is 5.56 Å². The Morgan fingerprint density at radius 1 is 1.33 bits per heavy atom. The zero-order valence-corrected chi connectivity index (χ0v) is 12.3. The van der Waals surface area contributed by atoms with Crippen LogP contribution in [0.2, 0.25) is 0 Å². The Morgan fingerprint density at radius 3 is 2.76 bits per heavy atom. The molecule has 21 heavy (non-hydrogen) atoms. The van der Waals surface area contributed by atoms with E-state index in [1.54, 1.807) is 24.0 Å². The van der Waals surface area contributed by atoms with E-state index in [0.29, 0.717) is 23.3 Å². The van der Waals surface area contributed by atoms with Gasteiger partial charge < -0.3 is 9.42 Å². The Hall–Kier alpha value is -2.18. The van der Waals surface area contributed by atoms with Gasteiger partial charge in [-0.15, -0.1) is 0 Å². The van der Waals surface area contributed by atoms with E-state index in [4.69, 9.17) is 4.52 Å². The third-order valence-corrected chi connectivity index (χ3v) is 3.93. The summed E-state index contributed by atoms with van der Waals surface area (Å²) in [7, 11) is 0. The molecule has 112 valence electrons. The van der Waals surface area contributed by atoms with Crippen molar-refractivity contribution >= 4 is 6.01 Å². The van der Waals surface area contributed by atoms with Crippen molar-refractivity contribution < 1.29 is 4.52 Å². The molecule has 2 aromatic rings. The van der Waals surface area contributed by atoms with Gasteiger partial charge in [0.1, 0.15) is 0 Å². The van der Waals surface area contributed by atoms with Crippen molar-refractivity contribution in [1.29, 1.82) is 0 Å². The molecule has 0 saturated carbocycles. The molecule has 1 fully saturated rings. The second-order valence-electron chi connectivity index (χ2n) is 5.59. The molecule has 1 saturated heterocycles. The fourth-order valence-corrected chi connectivity index (χ4v) is 2.69. The van der Waals surface area contributed by atoms with Crippen LogP contribution in [-0.4, -0.2) is 32.8 Å². The van der Waals surface area contributed by atoms with Crippen LogP contribution in [0.4, 0.5) is 6.01 Å². The molecule has 0 unspecified atom stereocenters. The summed E-state index contributed by atoms with van der Waals surface area (Å²) < 4.78 is 6.91. The molecule has 3 rings (SSSR count). The first-order valence-electron chi connectivity index (χ1n) is 7.20. The average Bonchev–Trinajstić information content (AvgIpc) is 2.91. The number of hydrogen-bond acceptors (Lipinski definition) is 6. The van der Waals surface area contributed by atoms with E-state index in [1.165, 1.54) is 0 Å². The maximum atomic E-state index is 12.0. The normalized spacial score (nSPS) is 16.4. The minimum atomic E-state index is 0.0555. The van der Waals surface area contributed by atoms with E-state index in [0.717, 1.165) is 32.5 Å². The summed E-state index contributed by atoms with van der Waals surface area (Å²) in [5.41, 5.74) is 0.747. The third kappa shape index (κ3) is 2.96. The maximum absolute atomic E-state index is 12.0. The standard InChI is InChI=1S/C14H19N5O2/c1-10-7-15-9-19(13(10)20)8-12-3-5-18(6-4-12)14-16-11(2)17-21-14/h7,9,12H,3-6,8H2,1-2H3. The van der Waals surface area contributed by atoms with E-state index in [9.17, 15) is 4.79 Å². The minimum absolute atomic E-state index is 0.0555. The van der Waals surface area contributed by atoms with Crippen LogP contribution in [0.1, 0.15) is 24.2 Å². The lowest BCUT2D eigenvalue weighted by atomic mass is 9.97. The average molecular weight is 289 g/mol. The summed E-state index contributed by atoms with van der Waals surface area (Å²) in [5.74, 6) is 1.14. The number of nitrogens with zero attached hydrogens (tertiary/aromatic N) is 5. The Bertz CT molecular complexity index is 670. The fourth-order valence-electron chi connectivity index (χ4n) is 2.69. The number of piperidine rings is 1. The Morgan fingerprint density at radius 2 is 2.10 bits per heavy atom. The van der Waals surface area contributed by atoms with Gasteiger partial charge in [-0.1, -0.05) is 5.16 Å². The second-order valence-corrected chi connectivity index (χ2v) is 5.59. The largest absolute Gasteiger partial charge is 0.324 e. The van der Waals surface area contributed by atoms with Gasteiger partial charge in [0.05, 0.1) is 6.33 Å². The van der Waals surface area contributed by atoms with Crippen LogP contribution in [0.25, 0.3) is 0 Å². The van der Waals surface area contributed by atoms with E-state index in [1.807, 2.05) is 6.92 Å². The number of anilines is 1. The van der Waals surface area contributed by atoms with Gasteiger partial charge in [-0.2, -0.15) is 4.98 Å². The molecule has 0 amide bonds. The Kier molecular flexibility index (Phi) is 3.72. The van der Waals surface area contributed by atoms with Crippen LogP contribution in [0.5, 0.6) is 0 Å². The molecule has 1 aliphatic rings. The first kappa shape index (κ1) is 13.8. The topological polar surface area (TPSA) is 77.0 Å². The summed E-state index contributed by atoms with van der Waals surface area (Å²) in [6, 6.07) is 0.598. The third-order valence-electron chi connectivity index (χ3n) is 3.93. The van der Waals surface area contributed by atoms with Gasteiger partial charge in [0, 0.05) is 31.4 Å². The molecule has 0 N–H and O–H groups in total. The first-order valence-corrected chi connectivity index (χ1v) is 7.20. The quantitative estimate of drug-likeness (QED) is 0.844. The van der Waals surface area contributed by atoms with Gasteiger partial charge in [-0.05, 0) is 32.6 Å². The highest BCUT2D eigenvalue weighted by atomic mass is 16.5. The lowest BCUT2D eigenvalue weighted by Gasteiger charge is -2.30. The highest BCUT2D eigenvalue weighted by molar-refractivity contribution is 5.25. The highest BCUT2D eigenvalue weighted by Crippen LogP contribution is 2.22. The van der Waals surface area contributed by atoms with Crippen LogP contribution in [0.15, 0.2) is 21.8 Å². The second kappa shape index (κ2) is 5.67.